The highest BCUT2D eigenvalue weighted by Gasteiger charge is 2.35. The monoisotopic (exact) mass is 392 g/mol. The summed E-state index contributed by atoms with van der Waals surface area (Å²) < 4.78 is 6.61. The summed E-state index contributed by atoms with van der Waals surface area (Å²) in [6, 6.07) is 17.7. The maximum absolute atomic E-state index is 6.61. The van der Waals surface area contributed by atoms with Crippen LogP contribution in [-0.2, 0) is 17.6 Å². The predicted octanol–water partition coefficient (Wildman–Crippen LogP) is 5.46. The second-order valence-electron chi connectivity index (χ2n) is 10.2. The summed E-state index contributed by atoms with van der Waals surface area (Å²) in [7, 11) is 0. The van der Waals surface area contributed by atoms with Crippen molar-refractivity contribution in [2.75, 3.05) is 29.5 Å². The molecule has 1 unspecified atom stereocenters. The number of benzene rings is 2. The van der Waals surface area contributed by atoms with E-state index in [9.17, 15) is 0 Å². The van der Waals surface area contributed by atoms with Crippen molar-refractivity contribution in [2.45, 2.75) is 71.1 Å². The maximum atomic E-state index is 6.61. The molecule has 2 heterocycles. The van der Waals surface area contributed by atoms with Crippen molar-refractivity contribution in [1.29, 1.82) is 0 Å². The lowest BCUT2D eigenvalue weighted by Gasteiger charge is -2.46. The van der Waals surface area contributed by atoms with Gasteiger partial charge in [-0.3, -0.25) is 0 Å². The molecule has 0 aromatic heterocycles. The Kier molecular flexibility index (Phi) is 5.37. The fraction of sp³-hybridized carbons (Fsp3) is 0.538. The Bertz CT molecular complexity index is 852. The lowest BCUT2D eigenvalue weighted by Crippen LogP contribution is -2.53. The number of fused-ring (bicyclic) bond motifs is 2. The van der Waals surface area contributed by atoms with Gasteiger partial charge in [0.15, 0.2) is 0 Å². The zero-order chi connectivity index (χ0) is 20.6. The van der Waals surface area contributed by atoms with E-state index in [0.717, 1.165) is 26.1 Å². The summed E-state index contributed by atoms with van der Waals surface area (Å²) in [6.07, 6.45) is 3.62. The molecule has 4 rings (SSSR count). The number of hydrogen-bond donors (Lipinski definition) is 0. The number of aryl methyl sites for hydroxylation is 1. The van der Waals surface area contributed by atoms with Gasteiger partial charge in [0.05, 0.1) is 18.2 Å². The summed E-state index contributed by atoms with van der Waals surface area (Å²) in [5, 5.41) is 0. The van der Waals surface area contributed by atoms with Crippen LogP contribution in [0.1, 0.15) is 52.2 Å². The van der Waals surface area contributed by atoms with Gasteiger partial charge in [0.1, 0.15) is 0 Å². The minimum atomic E-state index is -0.0277. The Hall–Kier alpha value is -2.00. The van der Waals surface area contributed by atoms with Crippen LogP contribution in [0.5, 0.6) is 0 Å². The maximum Gasteiger partial charge on any atom is 0.0792 e. The van der Waals surface area contributed by atoms with E-state index < -0.39 is 0 Å². The molecule has 1 atom stereocenters. The lowest BCUT2D eigenvalue weighted by molar-refractivity contribution is 0.0250. The molecule has 0 aliphatic carbocycles. The third-order valence-electron chi connectivity index (χ3n) is 6.44. The predicted molar refractivity (Wildman–Crippen MR) is 123 cm³/mol. The van der Waals surface area contributed by atoms with Crippen LogP contribution in [-0.4, -0.2) is 36.9 Å². The molecule has 2 aliphatic rings. The smallest absolute Gasteiger partial charge is 0.0792 e. The highest BCUT2D eigenvalue weighted by molar-refractivity contribution is 5.58. The molecular weight excluding hydrogens is 356 g/mol. The first-order valence-corrected chi connectivity index (χ1v) is 11.1. The van der Waals surface area contributed by atoms with Crippen molar-refractivity contribution in [3.63, 3.8) is 0 Å². The van der Waals surface area contributed by atoms with Gasteiger partial charge in [0.25, 0.3) is 0 Å². The molecular formula is C26H36N2O. The molecule has 0 saturated carbocycles. The van der Waals surface area contributed by atoms with Crippen LogP contribution in [0.15, 0.2) is 48.5 Å². The Labute approximate surface area is 176 Å². The van der Waals surface area contributed by atoms with Gasteiger partial charge in [-0.1, -0.05) is 36.4 Å². The first-order valence-electron chi connectivity index (χ1n) is 11.1. The quantitative estimate of drug-likeness (QED) is 0.687. The van der Waals surface area contributed by atoms with Gasteiger partial charge in [-0.15, -0.1) is 0 Å². The van der Waals surface area contributed by atoms with Crippen LogP contribution < -0.4 is 9.80 Å². The third-order valence-corrected chi connectivity index (χ3v) is 6.44. The average Bonchev–Trinajstić information content (AvgIpc) is 2.70. The van der Waals surface area contributed by atoms with E-state index >= 15 is 0 Å². The Morgan fingerprint density at radius 3 is 2.17 bits per heavy atom. The lowest BCUT2D eigenvalue weighted by atomic mass is 9.93. The fourth-order valence-corrected chi connectivity index (χ4v) is 4.87. The van der Waals surface area contributed by atoms with Crippen molar-refractivity contribution in [2.24, 2.45) is 0 Å². The van der Waals surface area contributed by atoms with Gasteiger partial charge >= 0.3 is 0 Å². The fourth-order valence-electron chi connectivity index (χ4n) is 4.87. The number of hydrogen-bond acceptors (Lipinski definition) is 3. The van der Waals surface area contributed by atoms with Crippen LogP contribution in [0.4, 0.5) is 11.4 Å². The molecule has 0 saturated heterocycles. The first-order chi connectivity index (χ1) is 13.8. The molecule has 3 heteroatoms. The van der Waals surface area contributed by atoms with E-state index in [1.54, 1.807) is 0 Å². The summed E-state index contributed by atoms with van der Waals surface area (Å²) in [5.74, 6) is 0. The van der Waals surface area contributed by atoms with Gasteiger partial charge in [-0.25, -0.2) is 0 Å². The normalized spacial score (nSPS) is 19.7. The highest BCUT2D eigenvalue weighted by Crippen LogP contribution is 2.35. The number of anilines is 2. The average molecular weight is 393 g/mol. The second-order valence-corrected chi connectivity index (χ2v) is 10.2. The molecule has 0 radical (unpaired) electrons. The van der Waals surface area contributed by atoms with E-state index in [4.69, 9.17) is 4.74 Å². The SMILES string of the molecule is CC(C)(C)N1CC(OCC(C)(C)N2CCCc3ccccc32)Cc2ccccc21. The number of rotatable bonds is 4. The molecule has 2 aliphatic heterocycles. The molecule has 29 heavy (non-hydrogen) atoms. The first kappa shape index (κ1) is 20.3. The summed E-state index contributed by atoms with van der Waals surface area (Å²) >= 11 is 0. The van der Waals surface area contributed by atoms with Gasteiger partial charge < -0.3 is 14.5 Å². The van der Waals surface area contributed by atoms with Crippen molar-refractivity contribution in [3.8, 4) is 0 Å². The van der Waals surface area contributed by atoms with E-state index in [1.165, 1.54) is 35.3 Å². The topological polar surface area (TPSA) is 15.7 Å². The van der Waals surface area contributed by atoms with Crippen molar-refractivity contribution in [1.82, 2.24) is 0 Å². The number of ether oxygens (including phenoxy) is 1. The molecule has 156 valence electrons. The molecule has 2 aromatic rings. The molecule has 0 N–H and O–H groups in total. The van der Waals surface area contributed by atoms with E-state index in [2.05, 4.69) is 92.9 Å². The second kappa shape index (κ2) is 7.68. The Morgan fingerprint density at radius 1 is 0.862 bits per heavy atom. The van der Waals surface area contributed by atoms with Crippen LogP contribution in [0, 0.1) is 0 Å². The van der Waals surface area contributed by atoms with Crippen molar-refractivity contribution in [3.05, 3.63) is 59.7 Å². The summed E-state index contributed by atoms with van der Waals surface area (Å²) in [5.41, 5.74) is 5.68. The molecule has 0 amide bonds. The Morgan fingerprint density at radius 2 is 1.48 bits per heavy atom. The van der Waals surface area contributed by atoms with Crippen LogP contribution in [0.3, 0.4) is 0 Å². The van der Waals surface area contributed by atoms with Gasteiger partial charge in [-0.2, -0.15) is 0 Å². The summed E-state index contributed by atoms with van der Waals surface area (Å²) in [6.45, 7) is 14.3. The number of nitrogens with zero attached hydrogens (tertiary/aromatic N) is 2. The minimum Gasteiger partial charge on any atom is -0.374 e. The molecule has 0 spiro atoms. The number of para-hydroxylation sites is 2. The third kappa shape index (κ3) is 4.16. The van der Waals surface area contributed by atoms with Crippen molar-refractivity contribution >= 4 is 11.4 Å². The van der Waals surface area contributed by atoms with Crippen LogP contribution >= 0.6 is 0 Å². The molecule has 2 aromatic carbocycles. The van der Waals surface area contributed by atoms with Crippen LogP contribution in [0.2, 0.25) is 0 Å². The zero-order valence-corrected chi connectivity index (χ0v) is 18.7. The van der Waals surface area contributed by atoms with Gasteiger partial charge in [0, 0.05) is 36.4 Å². The highest BCUT2D eigenvalue weighted by atomic mass is 16.5. The van der Waals surface area contributed by atoms with E-state index in [0.29, 0.717) is 0 Å². The van der Waals surface area contributed by atoms with Gasteiger partial charge in [-0.05, 0) is 70.7 Å². The standard InChI is InChI=1S/C26H36N2O/c1-25(2,3)28-18-22(17-21-12-7-9-15-24(21)28)29-19-26(4,5)27-16-10-13-20-11-6-8-14-23(20)27/h6-9,11-12,14-15,22H,10,13,16-19H2,1-5H3. The minimum absolute atomic E-state index is 0.0277. The van der Waals surface area contributed by atoms with Crippen molar-refractivity contribution < 1.29 is 4.74 Å². The Balaban J connectivity index is 1.49. The molecule has 3 nitrogen and oxygen atoms in total. The van der Waals surface area contributed by atoms with Gasteiger partial charge in [0.2, 0.25) is 0 Å². The van der Waals surface area contributed by atoms with E-state index in [1.807, 2.05) is 0 Å². The zero-order valence-electron chi connectivity index (χ0n) is 18.7. The largest absolute Gasteiger partial charge is 0.374 e. The van der Waals surface area contributed by atoms with E-state index in [-0.39, 0.29) is 17.2 Å². The van der Waals surface area contributed by atoms with Crippen LogP contribution in [0.25, 0.3) is 0 Å². The molecule has 0 fully saturated rings. The summed E-state index contributed by atoms with van der Waals surface area (Å²) in [4.78, 5) is 5.07. The molecule has 0 bridgehead atoms.